The van der Waals surface area contributed by atoms with Gasteiger partial charge in [-0.15, -0.1) is 0 Å². The number of urea groups is 1. The zero-order valence-electron chi connectivity index (χ0n) is 14.6. The molecule has 132 valence electrons. The summed E-state index contributed by atoms with van der Waals surface area (Å²) in [6, 6.07) is 7.88. The number of nitrogens with zero attached hydrogens (tertiary/aromatic N) is 2. The predicted molar refractivity (Wildman–Crippen MR) is 91.3 cm³/mol. The van der Waals surface area contributed by atoms with Gasteiger partial charge in [0.05, 0.1) is 11.6 Å². The van der Waals surface area contributed by atoms with Crippen molar-refractivity contribution in [1.29, 1.82) is 5.26 Å². The Bertz CT molecular complexity index is 740. The van der Waals surface area contributed by atoms with E-state index in [1.807, 2.05) is 19.9 Å². The Morgan fingerprint density at radius 3 is 2.80 bits per heavy atom. The summed E-state index contributed by atoms with van der Waals surface area (Å²) in [5.41, 5.74) is -0.392. The van der Waals surface area contributed by atoms with Crippen LogP contribution in [0.3, 0.4) is 0 Å². The highest BCUT2D eigenvalue weighted by Crippen LogP contribution is 2.29. The van der Waals surface area contributed by atoms with Crippen molar-refractivity contribution in [3.05, 3.63) is 35.4 Å². The lowest BCUT2D eigenvalue weighted by atomic mass is 9.91. The molecule has 1 fully saturated rings. The monoisotopic (exact) mass is 342 g/mol. The SMILES string of the molecule is CCC[C@H](C)NC(=O)CN1C(=O)N[C@@](C)(c2cccc(C#N)c2)C1=O. The van der Waals surface area contributed by atoms with Gasteiger partial charge in [-0.2, -0.15) is 5.26 Å². The summed E-state index contributed by atoms with van der Waals surface area (Å²) in [6.45, 7) is 5.14. The zero-order chi connectivity index (χ0) is 18.6. The number of carbonyl (C=O) groups excluding carboxylic acids is 3. The molecule has 1 aliphatic heterocycles. The van der Waals surface area contributed by atoms with Crippen molar-refractivity contribution in [2.45, 2.75) is 45.2 Å². The van der Waals surface area contributed by atoms with Crippen LogP contribution in [0.5, 0.6) is 0 Å². The molecule has 1 aromatic carbocycles. The van der Waals surface area contributed by atoms with Gasteiger partial charge < -0.3 is 10.6 Å². The van der Waals surface area contributed by atoms with Gasteiger partial charge in [0, 0.05) is 6.04 Å². The molecule has 0 bridgehead atoms. The molecule has 0 radical (unpaired) electrons. The molecule has 4 amide bonds. The Morgan fingerprint density at radius 1 is 1.44 bits per heavy atom. The molecular weight excluding hydrogens is 320 g/mol. The molecule has 0 aliphatic carbocycles. The van der Waals surface area contributed by atoms with Gasteiger partial charge in [-0.1, -0.05) is 25.5 Å². The number of hydrogen-bond donors (Lipinski definition) is 2. The fourth-order valence-corrected chi connectivity index (χ4v) is 2.91. The van der Waals surface area contributed by atoms with E-state index in [1.165, 1.54) is 0 Å². The Balaban J connectivity index is 2.16. The maximum atomic E-state index is 12.8. The first-order valence-electron chi connectivity index (χ1n) is 8.26. The predicted octanol–water partition coefficient (Wildman–Crippen LogP) is 1.63. The van der Waals surface area contributed by atoms with E-state index in [9.17, 15) is 14.4 Å². The third-order valence-electron chi connectivity index (χ3n) is 4.27. The van der Waals surface area contributed by atoms with Gasteiger partial charge >= 0.3 is 6.03 Å². The third kappa shape index (κ3) is 3.79. The Labute approximate surface area is 147 Å². The standard InChI is InChI=1S/C18H22N4O3/c1-4-6-12(2)20-15(23)11-22-16(24)18(3,21-17(22)25)14-8-5-7-13(9-14)10-19/h5,7-9,12H,4,6,11H2,1-3H3,(H,20,23)(H,21,25)/t12-,18-/m0/s1. The Morgan fingerprint density at radius 2 is 2.16 bits per heavy atom. The van der Waals surface area contributed by atoms with Crippen molar-refractivity contribution in [3.63, 3.8) is 0 Å². The second-order valence-electron chi connectivity index (χ2n) is 6.40. The first kappa shape index (κ1) is 18.5. The number of amides is 4. The van der Waals surface area contributed by atoms with Crippen LogP contribution in [0.15, 0.2) is 24.3 Å². The van der Waals surface area contributed by atoms with Crippen molar-refractivity contribution < 1.29 is 14.4 Å². The molecule has 2 rings (SSSR count). The molecule has 1 aliphatic rings. The van der Waals surface area contributed by atoms with E-state index in [0.29, 0.717) is 11.1 Å². The average Bonchev–Trinajstić information content (AvgIpc) is 2.79. The lowest BCUT2D eigenvalue weighted by Gasteiger charge is -2.22. The van der Waals surface area contributed by atoms with Gasteiger partial charge in [-0.05, 0) is 38.0 Å². The van der Waals surface area contributed by atoms with Gasteiger partial charge in [0.15, 0.2) is 0 Å². The molecule has 1 heterocycles. The van der Waals surface area contributed by atoms with Gasteiger partial charge in [-0.25, -0.2) is 4.79 Å². The van der Waals surface area contributed by atoms with Crippen LogP contribution < -0.4 is 10.6 Å². The minimum atomic E-state index is -1.29. The highest BCUT2D eigenvalue weighted by Gasteiger charge is 2.49. The molecule has 0 saturated carbocycles. The van der Waals surface area contributed by atoms with E-state index in [1.54, 1.807) is 31.2 Å². The average molecular weight is 342 g/mol. The second-order valence-corrected chi connectivity index (χ2v) is 6.40. The van der Waals surface area contributed by atoms with Crippen LogP contribution in [-0.4, -0.2) is 35.3 Å². The third-order valence-corrected chi connectivity index (χ3v) is 4.27. The highest BCUT2D eigenvalue weighted by atomic mass is 16.2. The summed E-state index contributed by atoms with van der Waals surface area (Å²) in [7, 11) is 0. The molecule has 7 heteroatoms. The fraction of sp³-hybridized carbons (Fsp3) is 0.444. The topological polar surface area (TPSA) is 102 Å². The van der Waals surface area contributed by atoms with Crippen LogP contribution in [0.2, 0.25) is 0 Å². The molecule has 1 saturated heterocycles. The van der Waals surface area contributed by atoms with E-state index < -0.39 is 17.5 Å². The maximum Gasteiger partial charge on any atom is 0.325 e. The minimum Gasteiger partial charge on any atom is -0.352 e. The number of benzene rings is 1. The largest absolute Gasteiger partial charge is 0.352 e. The zero-order valence-corrected chi connectivity index (χ0v) is 14.6. The fourth-order valence-electron chi connectivity index (χ4n) is 2.91. The van der Waals surface area contributed by atoms with Crippen molar-refractivity contribution in [2.24, 2.45) is 0 Å². The second kappa shape index (κ2) is 7.34. The van der Waals surface area contributed by atoms with Crippen molar-refractivity contribution in [1.82, 2.24) is 15.5 Å². The summed E-state index contributed by atoms with van der Waals surface area (Å²) in [5.74, 6) is -0.884. The van der Waals surface area contributed by atoms with Crippen LogP contribution in [0.4, 0.5) is 4.79 Å². The Kier molecular flexibility index (Phi) is 5.42. The normalized spacial score (nSPS) is 20.8. The molecule has 2 atom stereocenters. The minimum absolute atomic E-state index is 0.0167. The summed E-state index contributed by atoms with van der Waals surface area (Å²) in [6.07, 6.45) is 1.75. The lowest BCUT2D eigenvalue weighted by Crippen LogP contribution is -2.45. The van der Waals surface area contributed by atoms with E-state index >= 15 is 0 Å². The molecule has 2 N–H and O–H groups in total. The van der Waals surface area contributed by atoms with Crippen molar-refractivity contribution in [3.8, 4) is 6.07 Å². The lowest BCUT2D eigenvalue weighted by molar-refractivity contribution is -0.135. The van der Waals surface area contributed by atoms with Gasteiger partial charge in [0.25, 0.3) is 5.91 Å². The first-order chi connectivity index (χ1) is 11.8. The summed E-state index contributed by atoms with van der Waals surface area (Å²) >= 11 is 0. The van der Waals surface area contributed by atoms with Gasteiger partial charge in [0.1, 0.15) is 12.1 Å². The summed E-state index contributed by atoms with van der Waals surface area (Å²) < 4.78 is 0. The molecule has 0 spiro atoms. The quantitative estimate of drug-likeness (QED) is 0.767. The first-order valence-corrected chi connectivity index (χ1v) is 8.26. The number of rotatable bonds is 6. The number of nitriles is 1. The number of hydrogen-bond acceptors (Lipinski definition) is 4. The molecule has 1 aromatic rings. The Hall–Kier alpha value is -2.88. The van der Waals surface area contributed by atoms with E-state index in [4.69, 9.17) is 5.26 Å². The van der Waals surface area contributed by atoms with Crippen LogP contribution in [-0.2, 0) is 15.1 Å². The van der Waals surface area contributed by atoms with Crippen LogP contribution in [0, 0.1) is 11.3 Å². The van der Waals surface area contributed by atoms with E-state index in [-0.39, 0.29) is 18.5 Å². The number of imide groups is 1. The molecular formula is C18H22N4O3. The summed E-state index contributed by atoms with van der Waals surface area (Å²) in [5, 5.41) is 14.4. The van der Waals surface area contributed by atoms with Crippen molar-refractivity contribution >= 4 is 17.8 Å². The summed E-state index contributed by atoms with van der Waals surface area (Å²) in [4.78, 5) is 38.0. The molecule has 25 heavy (non-hydrogen) atoms. The highest BCUT2D eigenvalue weighted by molar-refractivity contribution is 6.09. The van der Waals surface area contributed by atoms with Gasteiger partial charge in [0.2, 0.25) is 5.91 Å². The number of nitrogens with one attached hydrogen (secondary N) is 2. The molecule has 0 unspecified atom stereocenters. The van der Waals surface area contributed by atoms with Crippen LogP contribution in [0.1, 0.15) is 44.7 Å². The maximum absolute atomic E-state index is 12.8. The molecule has 0 aromatic heterocycles. The van der Waals surface area contributed by atoms with Crippen molar-refractivity contribution in [2.75, 3.05) is 6.54 Å². The van der Waals surface area contributed by atoms with E-state index in [2.05, 4.69) is 10.6 Å². The van der Waals surface area contributed by atoms with Crippen LogP contribution in [0.25, 0.3) is 0 Å². The molecule has 7 nitrogen and oxygen atoms in total. The number of carbonyl (C=O) groups is 3. The smallest absolute Gasteiger partial charge is 0.325 e. The van der Waals surface area contributed by atoms with Crippen LogP contribution >= 0.6 is 0 Å². The van der Waals surface area contributed by atoms with E-state index in [0.717, 1.165) is 17.7 Å². The van der Waals surface area contributed by atoms with Gasteiger partial charge in [-0.3, -0.25) is 14.5 Å².